The van der Waals surface area contributed by atoms with Crippen LogP contribution in [-0.2, 0) is 25.9 Å². The van der Waals surface area contributed by atoms with Gasteiger partial charge >= 0.3 is 0 Å². The minimum absolute atomic E-state index is 0.192. The van der Waals surface area contributed by atoms with E-state index in [1.54, 1.807) is 12.1 Å². The average Bonchev–Trinajstić information content (AvgIpc) is 2.90. The lowest BCUT2D eigenvalue weighted by atomic mass is 10.1. The molecule has 0 aliphatic heterocycles. The van der Waals surface area contributed by atoms with E-state index in [0.29, 0.717) is 6.54 Å². The smallest absolute Gasteiger partial charge is 0.123 e. The van der Waals surface area contributed by atoms with Gasteiger partial charge in [0.1, 0.15) is 5.82 Å². The fourth-order valence-electron chi connectivity index (χ4n) is 2.76. The Kier molecular flexibility index (Phi) is 4.18. The summed E-state index contributed by atoms with van der Waals surface area (Å²) < 4.78 is 14.1. The van der Waals surface area contributed by atoms with Gasteiger partial charge in [-0.2, -0.15) is 0 Å². The van der Waals surface area contributed by atoms with Gasteiger partial charge in [-0.15, -0.1) is 0 Å². The summed E-state index contributed by atoms with van der Waals surface area (Å²) in [6.45, 7) is 1.48. The van der Waals surface area contributed by atoms with Gasteiger partial charge in [0.15, 0.2) is 0 Å². The molecule has 3 rings (SSSR count). The molecule has 0 saturated carbocycles. The molecule has 3 heteroatoms. The molecule has 0 fully saturated rings. The molecule has 1 aliphatic rings. The zero-order chi connectivity index (χ0) is 13.9. The van der Waals surface area contributed by atoms with Gasteiger partial charge in [0.2, 0.25) is 0 Å². The summed E-state index contributed by atoms with van der Waals surface area (Å²) in [5.41, 5.74) is 5.25. The lowest BCUT2D eigenvalue weighted by Gasteiger charge is -2.09. The van der Waals surface area contributed by atoms with Crippen LogP contribution in [-0.4, -0.2) is 0 Å². The first-order valence-electron chi connectivity index (χ1n) is 6.98. The number of hydrogen-bond donors (Lipinski definition) is 1. The SMILES string of the molecule is Fc1ccc(Br)c(CNCc2ccc3c(c2)CCC3)c1. The Morgan fingerprint density at radius 1 is 1.00 bits per heavy atom. The van der Waals surface area contributed by atoms with E-state index in [-0.39, 0.29) is 5.82 Å². The molecule has 0 aromatic heterocycles. The fourth-order valence-corrected chi connectivity index (χ4v) is 3.14. The van der Waals surface area contributed by atoms with E-state index in [9.17, 15) is 4.39 Å². The van der Waals surface area contributed by atoms with Crippen molar-refractivity contribution in [2.24, 2.45) is 0 Å². The summed E-state index contributed by atoms with van der Waals surface area (Å²) in [6, 6.07) is 11.5. The van der Waals surface area contributed by atoms with Crippen LogP contribution in [0.2, 0.25) is 0 Å². The Morgan fingerprint density at radius 2 is 1.85 bits per heavy atom. The lowest BCUT2D eigenvalue weighted by molar-refractivity contribution is 0.619. The highest BCUT2D eigenvalue weighted by Crippen LogP contribution is 2.23. The molecule has 1 nitrogen and oxygen atoms in total. The van der Waals surface area contributed by atoms with Gasteiger partial charge in [0, 0.05) is 17.6 Å². The quantitative estimate of drug-likeness (QED) is 0.876. The van der Waals surface area contributed by atoms with Gasteiger partial charge in [0.25, 0.3) is 0 Å². The maximum absolute atomic E-state index is 13.2. The van der Waals surface area contributed by atoms with Crippen LogP contribution in [0, 0.1) is 5.82 Å². The second-order valence-electron chi connectivity index (χ2n) is 5.30. The third-order valence-corrected chi connectivity index (χ3v) is 4.59. The summed E-state index contributed by atoms with van der Waals surface area (Å²) in [5, 5.41) is 3.38. The van der Waals surface area contributed by atoms with Crippen LogP contribution in [0.15, 0.2) is 40.9 Å². The third kappa shape index (κ3) is 3.10. The van der Waals surface area contributed by atoms with Gasteiger partial charge in [-0.1, -0.05) is 34.1 Å². The molecule has 0 unspecified atom stereocenters. The van der Waals surface area contributed by atoms with E-state index in [2.05, 4.69) is 39.4 Å². The van der Waals surface area contributed by atoms with E-state index in [4.69, 9.17) is 0 Å². The highest BCUT2D eigenvalue weighted by molar-refractivity contribution is 9.10. The van der Waals surface area contributed by atoms with Crippen LogP contribution in [0.4, 0.5) is 4.39 Å². The number of hydrogen-bond acceptors (Lipinski definition) is 1. The van der Waals surface area contributed by atoms with Crippen molar-refractivity contribution in [2.45, 2.75) is 32.4 Å². The van der Waals surface area contributed by atoms with Crippen LogP contribution >= 0.6 is 15.9 Å². The number of nitrogens with one attached hydrogen (secondary N) is 1. The van der Waals surface area contributed by atoms with E-state index in [1.807, 2.05) is 0 Å². The summed E-state index contributed by atoms with van der Waals surface area (Å²) in [7, 11) is 0. The van der Waals surface area contributed by atoms with Gasteiger partial charge in [0.05, 0.1) is 0 Å². The van der Waals surface area contributed by atoms with Crippen molar-refractivity contribution in [3.63, 3.8) is 0 Å². The standard InChI is InChI=1S/C17H17BrFN/c18-17-7-6-16(19)9-15(17)11-20-10-12-4-5-13-2-1-3-14(13)8-12/h4-9,20H,1-3,10-11H2. The topological polar surface area (TPSA) is 12.0 Å². The minimum atomic E-state index is -0.192. The largest absolute Gasteiger partial charge is 0.309 e. The Hall–Kier alpha value is -1.19. The first-order valence-corrected chi connectivity index (χ1v) is 7.77. The second kappa shape index (κ2) is 6.06. The van der Waals surface area contributed by atoms with Crippen LogP contribution < -0.4 is 5.32 Å². The molecule has 0 bridgehead atoms. The summed E-state index contributed by atoms with van der Waals surface area (Å²) in [4.78, 5) is 0. The maximum Gasteiger partial charge on any atom is 0.123 e. The van der Waals surface area contributed by atoms with Gasteiger partial charge in [-0.3, -0.25) is 0 Å². The van der Waals surface area contributed by atoms with Crippen molar-refractivity contribution in [3.05, 3.63) is 68.9 Å². The van der Waals surface area contributed by atoms with Crippen LogP contribution in [0.3, 0.4) is 0 Å². The molecular formula is C17H17BrFN. The molecule has 20 heavy (non-hydrogen) atoms. The van der Waals surface area contributed by atoms with Gasteiger partial charge in [-0.25, -0.2) is 4.39 Å². The van der Waals surface area contributed by atoms with Crippen molar-refractivity contribution < 1.29 is 4.39 Å². The van der Waals surface area contributed by atoms with E-state index >= 15 is 0 Å². The monoisotopic (exact) mass is 333 g/mol. The second-order valence-corrected chi connectivity index (χ2v) is 6.15. The molecule has 1 N–H and O–H groups in total. The van der Waals surface area contributed by atoms with Crippen LogP contribution in [0.1, 0.15) is 28.7 Å². The average molecular weight is 334 g/mol. The normalized spacial score (nSPS) is 13.5. The highest BCUT2D eigenvalue weighted by atomic mass is 79.9. The Bertz CT molecular complexity index is 624. The van der Waals surface area contributed by atoms with Crippen LogP contribution in [0.5, 0.6) is 0 Å². The van der Waals surface area contributed by atoms with Crippen LogP contribution in [0.25, 0.3) is 0 Å². The first kappa shape index (κ1) is 13.8. The number of benzene rings is 2. The fraction of sp³-hybridized carbons (Fsp3) is 0.294. The van der Waals surface area contributed by atoms with E-state index in [1.165, 1.54) is 42.0 Å². The van der Waals surface area contributed by atoms with Crippen molar-refractivity contribution in [1.82, 2.24) is 5.32 Å². The molecule has 0 radical (unpaired) electrons. The van der Waals surface area contributed by atoms with Crippen molar-refractivity contribution in [3.8, 4) is 0 Å². The molecule has 104 valence electrons. The molecule has 2 aromatic rings. The molecule has 0 amide bonds. The summed E-state index contributed by atoms with van der Waals surface area (Å²) >= 11 is 3.45. The van der Waals surface area contributed by atoms with Gasteiger partial charge < -0.3 is 5.32 Å². The number of fused-ring (bicyclic) bond motifs is 1. The molecule has 1 aliphatic carbocycles. The van der Waals surface area contributed by atoms with Crippen molar-refractivity contribution in [1.29, 1.82) is 0 Å². The number of aryl methyl sites for hydroxylation is 2. The van der Waals surface area contributed by atoms with Gasteiger partial charge in [-0.05, 0) is 59.7 Å². The molecule has 0 atom stereocenters. The first-order chi connectivity index (χ1) is 9.72. The highest BCUT2D eigenvalue weighted by Gasteiger charge is 2.10. The molecule has 0 heterocycles. The molecular weight excluding hydrogens is 317 g/mol. The maximum atomic E-state index is 13.2. The lowest BCUT2D eigenvalue weighted by Crippen LogP contribution is -2.13. The molecule has 0 saturated heterocycles. The predicted octanol–water partition coefficient (Wildman–Crippen LogP) is 4.37. The predicted molar refractivity (Wildman–Crippen MR) is 83.1 cm³/mol. The summed E-state index contributed by atoms with van der Waals surface area (Å²) in [6.07, 6.45) is 3.71. The van der Waals surface area contributed by atoms with E-state index < -0.39 is 0 Å². The zero-order valence-corrected chi connectivity index (χ0v) is 12.8. The van der Waals surface area contributed by atoms with E-state index in [0.717, 1.165) is 16.6 Å². The minimum Gasteiger partial charge on any atom is -0.309 e. The number of rotatable bonds is 4. The summed E-state index contributed by atoms with van der Waals surface area (Å²) in [5.74, 6) is -0.192. The van der Waals surface area contributed by atoms with Crippen molar-refractivity contribution >= 4 is 15.9 Å². The Morgan fingerprint density at radius 3 is 2.75 bits per heavy atom. The Labute approximate surface area is 127 Å². The third-order valence-electron chi connectivity index (χ3n) is 3.82. The molecule has 0 spiro atoms. The Balaban J connectivity index is 1.61. The zero-order valence-electron chi connectivity index (χ0n) is 11.3. The van der Waals surface area contributed by atoms with Crippen molar-refractivity contribution in [2.75, 3.05) is 0 Å². The molecule has 2 aromatic carbocycles. The number of halogens is 2.